The number of nitrogens with zero attached hydrogens (tertiary/aromatic N) is 2. The third-order valence-corrected chi connectivity index (χ3v) is 6.44. The van der Waals surface area contributed by atoms with Crippen molar-refractivity contribution in [1.82, 2.24) is 9.80 Å². The molecule has 9 heteroatoms. The molecule has 1 aliphatic rings. The Bertz CT molecular complexity index is 1030. The molecule has 0 aromatic heterocycles. The molecule has 1 aliphatic heterocycles. The lowest BCUT2D eigenvalue weighted by atomic mass is 10.1. The maximum atomic E-state index is 12.5. The molecule has 3 rings (SSSR count). The van der Waals surface area contributed by atoms with Crippen LogP contribution < -0.4 is 4.74 Å². The highest BCUT2D eigenvalue weighted by Crippen LogP contribution is 2.25. The van der Waals surface area contributed by atoms with Crippen LogP contribution in [0, 0.1) is 0 Å². The smallest absolute Gasteiger partial charge is 0.337 e. The van der Waals surface area contributed by atoms with Crippen molar-refractivity contribution in [3.63, 3.8) is 0 Å². The van der Waals surface area contributed by atoms with E-state index in [-0.39, 0.29) is 30.4 Å². The van der Waals surface area contributed by atoms with E-state index >= 15 is 0 Å². The topological polar surface area (TPSA) is 94.6 Å². The lowest BCUT2D eigenvalue weighted by Gasteiger charge is -2.36. The molecule has 1 amide bonds. The molecular formula is C28H36N2O7. The highest BCUT2D eigenvalue weighted by Gasteiger charge is 2.24. The third kappa shape index (κ3) is 8.58. The Kier molecular flexibility index (Phi) is 10.9. The van der Waals surface area contributed by atoms with Crippen LogP contribution in [0.2, 0.25) is 0 Å². The van der Waals surface area contributed by atoms with Gasteiger partial charge in [-0.2, -0.15) is 0 Å². The van der Waals surface area contributed by atoms with E-state index in [2.05, 4.69) is 9.64 Å². The fourth-order valence-corrected chi connectivity index (χ4v) is 4.21. The summed E-state index contributed by atoms with van der Waals surface area (Å²) >= 11 is 0. The number of hydrogen-bond donors (Lipinski definition) is 0. The lowest BCUT2D eigenvalue weighted by molar-refractivity contribution is -0.141. The minimum absolute atomic E-state index is 0.0690. The van der Waals surface area contributed by atoms with Gasteiger partial charge in [-0.15, -0.1) is 0 Å². The van der Waals surface area contributed by atoms with Gasteiger partial charge in [-0.3, -0.25) is 14.5 Å². The third-order valence-electron chi connectivity index (χ3n) is 6.44. The Balaban J connectivity index is 1.58. The molecule has 2 aromatic carbocycles. The number of piperazine rings is 1. The Morgan fingerprint density at radius 2 is 1.62 bits per heavy atom. The number of hydrogen-bond acceptors (Lipinski definition) is 8. The van der Waals surface area contributed by atoms with Crippen LogP contribution in [0.4, 0.5) is 0 Å². The Morgan fingerprint density at radius 3 is 2.27 bits per heavy atom. The molecule has 0 N–H and O–H groups in total. The molecule has 0 aliphatic carbocycles. The largest absolute Gasteiger partial charge is 0.497 e. The van der Waals surface area contributed by atoms with E-state index in [4.69, 9.17) is 14.2 Å². The van der Waals surface area contributed by atoms with Crippen molar-refractivity contribution >= 4 is 17.8 Å². The van der Waals surface area contributed by atoms with Gasteiger partial charge in [-0.1, -0.05) is 24.3 Å². The second kappa shape index (κ2) is 14.3. The van der Waals surface area contributed by atoms with Gasteiger partial charge in [-0.05, 0) is 41.8 Å². The molecule has 0 bridgehead atoms. The van der Waals surface area contributed by atoms with Crippen LogP contribution in [0.3, 0.4) is 0 Å². The average Bonchev–Trinajstić information content (AvgIpc) is 2.95. The fraction of sp³-hybridized carbons (Fsp3) is 0.464. The van der Waals surface area contributed by atoms with Gasteiger partial charge >= 0.3 is 11.9 Å². The zero-order chi connectivity index (χ0) is 26.6. The molecule has 1 atom stereocenters. The first-order valence-corrected chi connectivity index (χ1v) is 12.4. The number of ether oxygens (including phenoxy) is 4. The van der Waals surface area contributed by atoms with Crippen molar-refractivity contribution in [1.29, 1.82) is 0 Å². The number of methoxy groups -OCH3 is 3. The minimum Gasteiger partial charge on any atom is -0.497 e. The molecule has 9 nitrogen and oxygen atoms in total. The molecule has 1 fully saturated rings. The standard InChI is InChI=1S/C28H36N2O7/c1-34-24-7-4-6-23(18-24)25(37-20-21-10-12-22(13-11-21)28(33)36-3)19-29-14-16-30(17-15-29)26(31)8-5-9-27(32)35-2/h4,6-7,10-13,18,25H,5,8-9,14-17,19-20H2,1-3H3/t25-/m1/s1. The molecule has 1 heterocycles. The van der Waals surface area contributed by atoms with E-state index in [1.165, 1.54) is 14.2 Å². The van der Waals surface area contributed by atoms with E-state index in [0.29, 0.717) is 44.6 Å². The first kappa shape index (κ1) is 28.1. The van der Waals surface area contributed by atoms with Crippen LogP contribution in [0.5, 0.6) is 5.75 Å². The molecule has 0 unspecified atom stereocenters. The first-order valence-electron chi connectivity index (χ1n) is 12.4. The zero-order valence-corrected chi connectivity index (χ0v) is 21.8. The van der Waals surface area contributed by atoms with Gasteiger partial charge < -0.3 is 23.8 Å². The van der Waals surface area contributed by atoms with E-state index in [9.17, 15) is 14.4 Å². The average molecular weight is 513 g/mol. The van der Waals surface area contributed by atoms with Crippen molar-refractivity contribution in [2.75, 3.05) is 54.1 Å². The molecule has 0 spiro atoms. The van der Waals surface area contributed by atoms with Crippen molar-refractivity contribution in [3.05, 3.63) is 65.2 Å². The number of carbonyl (C=O) groups is 3. The SMILES string of the molecule is COC(=O)CCCC(=O)N1CCN(C[C@@H](OCc2ccc(C(=O)OC)cc2)c2cccc(OC)c2)CC1. The summed E-state index contributed by atoms with van der Waals surface area (Å²) in [6.07, 6.45) is 0.891. The summed E-state index contributed by atoms with van der Waals surface area (Å²) in [7, 11) is 4.35. The summed E-state index contributed by atoms with van der Waals surface area (Å²) in [4.78, 5) is 39.7. The monoisotopic (exact) mass is 512 g/mol. The van der Waals surface area contributed by atoms with Gasteiger partial charge in [0.15, 0.2) is 0 Å². The molecule has 37 heavy (non-hydrogen) atoms. The van der Waals surface area contributed by atoms with E-state index in [1.54, 1.807) is 19.2 Å². The summed E-state index contributed by atoms with van der Waals surface area (Å²) in [5, 5.41) is 0. The Hall–Kier alpha value is -3.43. The van der Waals surface area contributed by atoms with Gasteiger partial charge in [-0.25, -0.2) is 4.79 Å². The van der Waals surface area contributed by atoms with Crippen molar-refractivity contribution in [3.8, 4) is 5.75 Å². The van der Waals surface area contributed by atoms with Crippen LogP contribution in [0.25, 0.3) is 0 Å². The maximum Gasteiger partial charge on any atom is 0.337 e. The fourth-order valence-electron chi connectivity index (χ4n) is 4.21. The van der Waals surface area contributed by atoms with Gasteiger partial charge in [0.2, 0.25) is 5.91 Å². The van der Waals surface area contributed by atoms with Crippen LogP contribution in [-0.2, 0) is 30.4 Å². The molecule has 0 radical (unpaired) electrons. The number of carbonyl (C=O) groups excluding carboxylic acids is 3. The maximum absolute atomic E-state index is 12.5. The normalized spacial score (nSPS) is 14.6. The van der Waals surface area contributed by atoms with Gasteiger partial charge in [0.05, 0.1) is 39.6 Å². The Labute approximate surface area is 218 Å². The number of benzene rings is 2. The second-order valence-corrected chi connectivity index (χ2v) is 8.88. The minimum atomic E-state index is -0.372. The summed E-state index contributed by atoms with van der Waals surface area (Å²) in [6, 6.07) is 15.0. The second-order valence-electron chi connectivity index (χ2n) is 8.88. The van der Waals surface area contributed by atoms with Crippen molar-refractivity contribution < 1.29 is 33.3 Å². The highest BCUT2D eigenvalue weighted by atomic mass is 16.5. The quantitative estimate of drug-likeness (QED) is 0.400. The number of amides is 1. The zero-order valence-electron chi connectivity index (χ0n) is 21.8. The molecule has 200 valence electrons. The van der Waals surface area contributed by atoms with Gasteiger partial charge in [0, 0.05) is 45.6 Å². The van der Waals surface area contributed by atoms with E-state index < -0.39 is 0 Å². The Morgan fingerprint density at radius 1 is 0.892 bits per heavy atom. The summed E-state index contributed by atoms with van der Waals surface area (Å²) in [5.74, 6) is 0.166. The van der Waals surface area contributed by atoms with Crippen LogP contribution >= 0.6 is 0 Å². The summed E-state index contributed by atoms with van der Waals surface area (Å²) in [6.45, 7) is 3.79. The van der Waals surface area contributed by atoms with Crippen LogP contribution in [0.15, 0.2) is 48.5 Å². The van der Waals surface area contributed by atoms with Crippen molar-refractivity contribution in [2.24, 2.45) is 0 Å². The van der Waals surface area contributed by atoms with Crippen LogP contribution in [-0.4, -0.2) is 81.7 Å². The molecule has 0 saturated carbocycles. The van der Waals surface area contributed by atoms with E-state index in [0.717, 1.165) is 30.0 Å². The lowest BCUT2D eigenvalue weighted by Crippen LogP contribution is -2.49. The summed E-state index contributed by atoms with van der Waals surface area (Å²) < 4.78 is 21.2. The number of esters is 2. The predicted molar refractivity (Wildman–Crippen MR) is 137 cm³/mol. The highest BCUT2D eigenvalue weighted by molar-refractivity contribution is 5.89. The summed E-state index contributed by atoms with van der Waals surface area (Å²) in [5.41, 5.74) is 2.45. The van der Waals surface area contributed by atoms with E-state index in [1.807, 2.05) is 41.3 Å². The first-order chi connectivity index (χ1) is 17.9. The van der Waals surface area contributed by atoms with Gasteiger partial charge in [0.25, 0.3) is 0 Å². The van der Waals surface area contributed by atoms with Crippen LogP contribution in [0.1, 0.15) is 46.9 Å². The molecular weight excluding hydrogens is 476 g/mol. The number of rotatable bonds is 12. The predicted octanol–water partition coefficient (Wildman–Crippen LogP) is 3.23. The molecule has 2 aromatic rings. The van der Waals surface area contributed by atoms with Crippen molar-refractivity contribution in [2.45, 2.75) is 32.0 Å². The van der Waals surface area contributed by atoms with Gasteiger partial charge in [0.1, 0.15) is 5.75 Å². The molecule has 1 saturated heterocycles.